The third-order valence-electron chi connectivity index (χ3n) is 6.64. The van der Waals surface area contributed by atoms with Gasteiger partial charge < -0.3 is 0 Å². The molecule has 0 bridgehead atoms. The highest BCUT2D eigenvalue weighted by atomic mass is 19.2. The minimum Gasteiger partial charge on any atom is -0.203 e. The summed E-state index contributed by atoms with van der Waals surface area (Å²) in [6, 6.07) is 13.2. The van der Waals surface area contributed by atoms with E-state index in [0.29, 0.717) is 11.1 Å². The van der Waals surface area contributed by atoms with Crippen LogP contribution in [0.25, 0.3) is 24.3 Å². The maximum absolute atomic E-state index is 13.9. The molecule has 4 aromatic carbocycles. The van der Waals surface area contributed by atoms with E-state index < -0.39 is 74.7 Å². The average molecular weight is 580 g/mol. The molecule has 0 amide bonds. The summed E-state index contributed by atoms with van der Waals surface area (Å²) < 4.78 is 136. The predicted molar refractivity (Wildman–Crippen MR) is 135 cm³/mol. The Kier molecular flexibility index (Phi) is 8.15. The van der Waals surface area contributed by atoms with Gasteiger partial charge in [-0.3, -0.25) is 0 Å². The number of hydrogen-bond donors (Lipinski definition) is 0. The van der Waals surface area contributed by atoms with Gasteiger partial charge in [-0.2, -0.15) is 0 Å². The second-order valence-electron chi connectivity index (χ2n) is 9.50. The normalized spacial score (nSPS) is 12.2. The topological polar surface area (TPSA) is 0 Å². The van der Waals surface area contributed by atoms with Crippen molar-refractivity contribution in [3.8, 4) is 0 Å². The Bertz CT molecular complexity index is 1500. The van der Waals surface area contributed by atoms with E-state index in [1.165, 1.54) is 12.2 Å². The van der Waals surface area contributed by atoms with Crippen LogP contribution in [0.3, 0.4) is 0 Å². The van der Waals surface area contributed by atoms with Crippen LogP contribution in [-0.2, 0) is 5.41 Å². The number of rotatable bonds is 6. The molecule has 0 spiro atoms. The molecule has 0 unspecified atom stereocenters. The Morgan fingerprint density at radius 2 is 0.610 bits per heavy atom. The highest BCUT2D eigenvalue weighted by Gasteiger charge is 2.26. The highest BCUT2D eigenvalue weighted by Crippen LogP contribution is 2.33. The van der Waals surface area contributed by atoms with Crippen LogP contribution in [0.2, 0.25) is 0 Å². The van der Waals surface area contributed by atoms with Crippen molar-refractivity contribution in [2.24, 2.45) is 0 Å². The van der Waals surface area contributed by atoms with Crippen LogP contribution in [-0.4, -0.2) is 0 Å². The Morgan fingerprint density at radius 1 is 0.366 bits per heavy atom. The third-order valence-corrected chi connectivity index (χ3v) is 6.64. The molecule has 0 aliphatic carbocycles. The van der Waals surface area contributed by atoms with E-state index >= 15 is 0 Å². The smallest absolute Gasteiger partial charge is 0.200 e. The summed E-state index contributed by atoms with van der Waals surface area (Å²) in [5.41, 5.74) is -0.330. The molecule has 10 heteroatoms. The zero-order valence-corrected chi connectivity index (χ0v) is 21.2. The molecule has 0 radical (unpaired) electrons. The zero-order chi connectivity index (χ0) is 30.2. The lowest BCUT2D eigenvalue weighted by molar-refractivity contribution is 0.377. The van der Waals surface area contributed by atoms with E-state index in [9.17, 15) is 43.9 Å². The van der Waals surface area contributed by atoms with Crippen molar-refractivity contribution < 1.29 is 43.9 Å². The van der Waals surface area contributed by atoms with Gasteiger partial charge in [0.05, 0.1) is 11.1 Å². The molecule has 0 aliphatic rings. The first-order chi connectivity index (χ1) is 19.2. The summed E-state index contributed by atoms with van der Waals surface area (Å²) in [5.74, 6) is -20.4. The number of halogens is 10. The summed E-state index contributed by atoms with van der Waals surface area (Å²) in [7, 11) is 0. The number of benzene rings is 4. The minimum absolute atomic E-state index is 0.419. The summed E-state index contributed by atoms with van der Waals surface area (Å²) in [6.07, 6.45) is 3.96. The van der Waals surface area contributed by atoms with Crippen LogP contribution < -0.4 is 0 Å². The van der Waals surface area contributed by atoms with Crippen molar-refractivity contribution in [1.82, 2.24) is 0 Å². The molecule has 0 heterocycles. The second kappa shape index (κ2) is 11.3. The second-order valence-corrected chi connectivity index (χ2v) is 9.50. The zero-order valence-electron chi connectivity index (χ0n) is 21.2. The van der Waals surface area contributed by atoms with Crippen LogP contribution in [0.5, 0.6) is 0 Å². The largest absolute Gasteiger partial charge is 0.203 e. The van der Waals surface area contributed by atoms with Crippen molar-refractivity contribution >= 4 is 24.3 Å². The van der Waals surface area contributed by atoms with Gasteiger partial charge in [-0.05, 0) is 34.4 Å². The van der Waals surface area contributed by atoms with Crippen molar-refractivity contribution in [3.63, 3.8) is 0 Å². The van der Waals surface area contributed by atoms with Gasteiger partial charge in [0.2, 0.25) is 11.6 Å². The van der Waals surface area contributed by atoms with E-state index in [-0.39, 0.29) is 0 Å². The lowest BCUT2D eigenvalue weighted by atomic mass is 9.78. The van der Waals surface area contributed by atoms with E-state index in [0.717, 1.165) is 23.3 Å². The van der Waals surface area contributed by atoms with Crippen molar-refractivity contribution in [2.75, 3.05) is 0 Å². The van der Waals surface area contributed by atoms with Crippen molar-refractivity contribution in [2.45, 2.75) is 19.3 Å². The third kappa shape index (κ3) is 5.51. The number of hydrogen-bond acceptors (Lipinski definition) is 0. The molecule has 0 aromatic heterocycles. The molecule has 0 atom stereocenters. The predicted octanol–water partition coefficient (Wildman–Crippen LogP) is 9.74. The molecule has 0 saturated heterocycles. The molecule has 0 nitrogen and oxygen atoms in total. The summed E-state index contributed by atoms with van der Waals surface area (Å²) >= 11 is 0. The minimum atomic E-state index is -2.24. The van der Waals surface area contributed by atoms with E-state index in [2.05, 4.69) is 0 Å². The molecule has 41 heavy (non-hydrogen) atoms. The summed E-state index contributed by atoms with van der Waals surface area (Å²) in [4.78, 5) is 0. The van der Waals surface area contributed by atoms with Gasteiger partial charge in [0.1, 0.15) is 0 Å². The first kappa shape index (κ1) is 29.6. The van der Waals surface area contributed by atoms with Gasteiger partial charge in [0.15, 0.2) is 46.5 Å². The van der Waals surface area contributed by atoms with E-state index in [1.807, 2.05) is 13.8 Å². The van der Waals surface area contributed by atoms with Crippen LogP contribution in [0.1, 0.15) is 47.2 Å². The molecule has 4 rings (SSSR count). The lowest BCUT2D eigenvalue weighted by Crippen LogP contribution is -2.18. The fourth-order valence-corrected chi connectivity index (χ4v) is 4.08. The van der Waals surface area contributed by atoms with Gasteiger partial charge in [-0.25, -0.2) is 43.9 Å². The molecular weight excluding hydrogens is 562 g/mol. The maximum Gasteiger partial charge on any atom is 0.200 e. The molecule has 0 N–H and O–H groups in total. The van der Waals surface area contributed by atoms with E-state index in [1.54, 1.807) is 48.5 Å². The molecule has 4 aromatic rings. The average Bonchev–Trinajstić information content (AvgIpc) is 2.97. The van der Waals surface area contributed by atoms with Crippen LogP contribution in [0, 0.1) is 58.2 Å². The molecule has 212 valence electrons. The SMILES string of the molecule is CC(C)(c1ccc(/C=C/c2c(F)c(F)c(F)c(F)c2F)cc1)c1ccc(/C=C/c2c(F)c(F)c(F)c(F)c2F)cc1. The monoisotopic (exact) mass is 580 g/mol. The van der Waals surface area contributed by atoms with Crippen molar-refractivity contribution in [1.29, 1.82) is 0 Å². The first-order valence-corrected chi connectivity index (χ1v) is 11.9. The van der Waals surface area contributed by atoms with Crippen molar-refractivity contribution in [3.05, 3.63) is 140 Å². The van der Waals surface area contributed by atoms with Gasteiger partial charge in [-0.1, -0.05) is 74.5 Å². The highest BCUT2D eigenvalue weighted by molar-refractivity contribution is 5.71. The van der Waals surface area contributed by atoms with Gasteiger partial charge in [0.25, 0.3) is 0 Å². The molecule has 0 fully saturated rings. The molecular formula is C31H18F10. The Morgan fingerprint density at radius 3 is 0.878 bits per heavy atom. The molecule has 0 saturated carbocycles. The van der Waals surface area contributed by atoms with Crippen LogP contribution in [0.15, 0.2) is 48.5 Å². The van der Waals surface area contributed by atoms with Crippen LogP contribution in [0.4, 0.5) is 43.9 Å². The maximum atomic E-state index is 13.9. The van der Waals surface area contributed by atoms with E-state index in [4.69, 9.17) is 0 Å². The standard InChI is InChI=1S/C31H18F10/c1-31(2,17-9-3-15(4-10-17)7-13-19-21(32)25(36)29(40)26(37)22(19)33)18-11-5-16(6-12-18)8-14-20-23(34)27(38)30(41)28(39)24(20)35/h3-14H,1-2H3/b13-7+,14-8+. The summed E-state index contributed by atoms with van der Waals surface area (Å²) in [6.45, 7) is 3.76. The van der Waals surface area contributed by atoms with Gasteiger partial charge in [0, 0.05) is 5.41 Å². The van der Waals surface area contributed by atoms with Crippen LogP contribution >= 0.6 is 0 Å². The fourth-order valence-electron chi connectivity index (χ4n) is 4.08. The Balaban J connectivity index is 1.54. The van der Waals surface area contributed by atoms with Gasteiger partial charge in [-0.15, -0.1) is 0 Å². The fraction of sp³-hybridized carbons (Fsp3) is 0.0968. The molecule has 0 aliphatic heterocycles. The lowest BCUT2D eigenvalue weighted by Gasteiger charge is -2.26. The first-order valence-electron chi connectivity index (χ1n) is 11.9. The Hall–Kier alpha value is -4.34. The van der Waals surface area contributed by atoms with Gasteiger partial charge >= 0.3 is 0 Å². The quantitative estimate of drug-likeness (QED) is 0.0922. The summed E-state index contributed by atoms with van der Waals surface area (Å²) in [5, 5.41) is 0. The Labute approximate surface area is 227 Å².